The van der Waals surface area contributed by atoms with Crippen molar-refractivity contribution in [1.82, 2.24) is 5.32 Å². The highest BCUT2D eigenvalue weighted by atomic mass is 19.4. The SMILES string of the molecule is CNC(c1ccccc1OCCOC)C(F)(F)F. The Bertz CT molecular complexity index is 369. The third-order valence-electron chi connectivity index (χ3n) is 2.39. The van der Waals surface area contributed by atoms with Crippen LogP contribution in [0, 0.1) is 0 Å². The Kier molecular flexibility index (Phi) is 5.43. The highest BCUT2D eigenvalue weighted by molar-refractivity contribution is 5.36. The molecular formula is C12H16F3NO2. The van der Waals surface area contributed by atoms with Crippen molar-refractivity contribution in [2.45, 2.75) is 12.2 Å². The number of methoxy groups -OCH3 is 1. The predicted molar refractivity (Wildman–Crippen MR) is 61.7 cm³/mol. The topological polar surface area (TPSA) is 30.5 Å². The van der Waals surface area contributed by atoms with Crippen LogP contribution < -0.4 is 10.1 Å². The maximum Gasteiger partial charge on any atom is 0.408 e. The quantitative estimate of drug-likeness (QED) is 0.800. The second kappa shape index (κ2) is 6.61. The van der Waals surface area contributed by atoms with Gasteiger partial charge in [-0.1, -0.05) is 18.2 Å². The van der Waals surface area contributed by atoms with Crippen molar-refractivity contribution in [2.75, 3.05) is 27.4 Å². The van der Waals surface area contributed by atoms with Crippen molar-refractivity contribution < 1.29 is 22.6 Å². The van der Waals surface area contributed by atoms with E-state index in [0.717, 1.165) is 0 Å². The molecule has 0 radical (unpaired) electrons. The molecule has 1 unspecified atom stereocenters. The number of benzene rings is 1. The van der Waals surface area contributed by atoms with Gasteiger partial charge in [-0.15, -0.1) is 0 Å². The molecule has 3 nitrogen and oxygen atoms in total. The second-order valence-corrected chi connectivity index (χ2v) is 3.64. The van der Waals surface area contributed by atoms with E-state index in [2.05, 4.69) is 5.32 Å². The summed E-state index contributed by atoms with van der Waals surface area (Å²) in [5.41, 5.74) is 0.0728. The normalized spacial score (nSPS) is 13.4. The van der Waals surface area contributed by atoms with E-state index in [1.165, 1.54) is 26.3 Å². The first-order valence-corrected chi connectivity index (χ1v) is 5.45. The van der Waals surface area contributed by atoms with E-state index in [1.807, 2.05) is 0 Å². The first-order chi connectivity index (χ1) is 8.50. The highest BCUT2D eigenvalue weighted by Gasteiger charge is 2.41. The zero-order chi connectivity index (χ0) is 13.6. The van der Waals surface area contributed by atoms with Gasteiger partial charge in [0.2, 0.25) is 0 Å². The molecule has 0 spiro atoms. The van der Waals surface area contributed by atoms with Crippen LogP contribution in [-0.4, -0.2) is 33.5 Å². The molecule has 0 aliphatic carbocycles. The largest absolute Gasteiger partial charge is 0.491 e. The van der Waals surface area contributed by atoms with Gasteiger partial charge in [0.15, 0.2) is 0 Å². The van der Waals surface area contributed by atoms with E-state index in [-0.39, 0.29) is 17.9 Å². The molecule has 1 atom stereocenters. The van der Waals surface area contributed by atoms with Gasteiger partial charge in [-0.05, 0) is 13.1 Å². The van der Waals surface area contributed by atoms with Crippen molar-refractivity contribution in [3.63, 3.8) is 0 Å². The van der Waals surface area contributed by atoms with Crippen LogP contribution in [0.1, 0.15) is 11.6 Å². The fraction of sp³-hybridized carbons (Fsp3) is 0.500. The highest BCUT2D eigenvalue weighted by Crippen LogP contribution is 2.36. The Labute approximate surface area is 104 Å². The van der Waals surface area contributed by atoms with Gasteiger partial charge in [-0.25, -0.2) is 0 Å². The van der Waals surface area contributed by atoms with Crippen molar-refractivity contribution >= 4 is 0 Å². The summed E-state index contributed by atoms with van der Waals surface area (Å²) in [5.74, 6) is 0.214. The van der Waals surface area contributed by atoms with Crippen LogP contribution in [0.2, 0.25) is 0 Å². The van der Waals surface area contributed by atoms with Crippen LogP contribution in [0.15, 0.2) is 24.3 Å². The molecule has 0 amide bonds. The lowest BCUT2D eigenvalue weighted by Gasteiger charge is -2.22. The smallest absolute Gasteiger partial charge is 0.408 e. The zero-order valence-electron chi connectivity index (χ0n) is 10.3. The van der Waals surface area contributed by atoms with Gasteiger partial charge in [0.25, 0.3) is 0 Å². The third kappa shape index (κ3) is 3.89. The molecule has 1 N–H and O–H groups in total. The Morgan fingerprint density at radius 1 is 1.22 bits per heavy atom. The Hall–Kier alpha value is -1.27. The molecule has 0 aromatic heterocycles. The molecule has 1 aromatic rings. The van der Waals surface area contributed by atoms with Gasteiger partial charge >= 0.3 is 6.18 Å². The minimum atomic E-state index is -4.37. The summed E-state index contributed by atoms with van der Waals surface area (Å²) in [6.45, 7) is 0.534. The van der Waals surface area contributed by atoms with Crippen molar-refractivity contribution in [3.05, 3.63) is 29.8 Å². The molecule has 0 bridgehead atoms. The third-order valence-corrected chi connectivity index (χ3v) is 2.39. The van der Waals surface area contributed by atoms with Crippen LogP contribution in [-0.2, 0) is 4.74 Å². The monoisotopic (exact) mass is 263 g/mol. The summed E-state index contributed by atoms with van der Waals surface area (Å²) in [6, 6.07) is 4.36. The Morgan fingerprint density at radius 3 is 2.44 bits per heavy atom. The minimum Gasteiger partial charge on any atom is -0.491 e. The molecule has 0 aliphatic rings. The van der Waals surface area contributed by atoms with Crippen LogP contribution in [0.3, 0.4) is 0 Å². The molecule has 0 aliphatic heterocycles. The molecule has 102 valence electrons. The summed E-state index contributed by atoms with van der Waals surface area (Å²) in [4.78, 5) is 0. The van der Waals surface area contributed by atoms with Crippen molar-refractivity contribution in [1.29, 1.82) is 0 Å². The number of nitrogens with one attached hydrogen (secondary N) is 1. The van der Waals surface area contributed by atoms with Gasteiger partial charge in [0.1, 0.15) is 18.4 Å². The van der Waals surface area contributed by atoms with E-state index in [1.54, 1.807) is 12.1 Å². The van der Waals surface area contributed by atoms with Crippen molar-refractivity contribution in [2.24, 2.45) is 0 Å². The molecule has 18 heavy (non-hydrogen) atoms. The molecule has 1 rings (SSSR count). The maximum atomic E-state index is 12.8. The fourth-order valence-corrected chi connectivity index (χ4v) is 1.58. The molecule has 1 aromatic carbocycles. The fourth-order valence-electron chi connectivity index (χ4n) is 1.58. The molecule has 6 heteroatoms. The summed E-state index contributed by atoms with van der Waals surface area (Å²) in [6.07, 6.45) is -4.37. The Morgan fingerprint density at radius 2 is 1.89 bits per heavy atom. The standard InChI is InChI=1S/C12H16F3NO2/c1-16-11(12(13,14)15)9-5-3-4-6-10(9)18-8-7-17-2/h3-6,11,16H,7-8H2,1-2H3. The van der Waals surface area contributed by atoms with Crippen LogP contribution in [0.25, 0.3) is 0 Å². The molecule has 0 saturated heterocycles. The maximum absolute atomic E-state index is 12.8. The number of ether oxygens (including phenoxy) is 2. The van der Waals surface area contributed by atoms with E-state index in [4.69, 9.17) is 9.47 Å². The zero-order valence-corrected chi connectivity index (χ0v) is 10.3. The molecule has 0 heterocycles. The van der Waals surface area contributed by atoms with E-state index < -0.39 is 12.2 Å². The lowest BCUT2D eigenvalue weighted by molar-refractivity contribution is -0.156. The van der Waals surface area contributed by atoms with E-state index >= 15 is 0 Å². The number of hydrogen-bond donors (Lipinski definition) is 1. The molecule has 0 fully saturated rings. The second-order valence-electron chi connectivity index (χ2n) is 3.64. The van der Waals surface area contributed by atoms with Crippen LogP contribution >= 0.6 is 0 Å². The number of hydrogen-bond acceptors (Lipinski definition) is 3. The van der Waals surface area contributed by atoms with Gasteiger partial charge < -0.3 is 14.8 Å². The Balaban J connectivity index is 2.92. The van der Waals surface area contributed by atoms with Crippen LogP contribution in [0.5, 0.6) is 5.75 Å². The summed E-state index contributed by atoms with van der Waals surface area (Å²) < 4.78 is 48.6. The first kappa shape index (κ1) is 14.8. The first-order valence-electron chi connectivity index (χ1n) is 5.45. The number of halogens is 3. The summed E-state index contributed by atoms with van der Waals surface area (Å²) >= 11 is 0. The summed E-state index contributed by atoms with van der Waals surface area (Å²) in [5, 5.41) is 2.25. The molecule has 0 saturated carbocycles. The van der Waals surface area contributed by atoms with Crippen molar-refractivity contribution in [3.8, 4) is 5.75 Å². The van der Waals surface area contributed by atoms with Gasteiger partial charge in [0, 0.05) is 12.7 Å². The minimum absolute atomic E-state index is 0.0728. The predicted octanol–water partition coefficient (Wildman–Crippen LogP) is 2.53. The van der Waals surface area contributed by atoms with Gasteiger partial charge in [-0.3, -0.25) is 0 Å². The number of alkyl halides is 3. The lowest BCUT2D eigenvalue weighted by atomic mass is 10.1. The van der Waals surface area contributed by atoms with E-state index in [0.29, 0.717) is 6.61 Å². The van der Waals surface area contributed by atoms with Crippen LogP contribution in [0.4, 0.5) is 13.2 Å². The average Bonchev–Trinajstić information content (AvgIpc) is 2.30. The summed E-state index contributed by atoms with van der Waals surface area (Å²) in [7, 11) is 2.77. The van der Waals surface area contributed by atoms with Gasteiger partial charge in [0.05, 0.1) is 6.61 Å². The average molecular weight is 263 g/mol. The number of rotatable bonds is 6. The molecular weight excluding hydrogens is 247 g/mol. The number of para-hydroxylation sites is 1. The van der Waals surface area contributed by atoms with E-state index in [9.17, 15) is 13.2 Å². The lowest BCUT2D eigenvalue weighted by Crippen LogP contribution is -2.32. The van der Waals surface area contributed by atoms with Gasteiger partial charge in [-0.2, -0.15) is 13.2 Å².